The van der Waals surface area contributed by atoms with Crippen LogP contribution in [0, 0.1) is 0 Å². The molecular weight excluding hydrogens is 424 g/mol. The number of fused-ring (bicyclic) bond motifs is 3. The predicted octanol–water partition coefficient (Wildman–Crippen LogP) is 2.05. The number of thiazole rings is 1. The van der Waals surface area contributed by atoms with Crippen LogP contribution in [-0.4, -0.2) is 43.6 Å². The molecule has 0 fully saturated rings. The minimum Gasteiger partial charge on any atom is -0.486 e. The molecule has 3 aromatic rings. The van der Waals surface area contributed by atoms with Gasteiger partial charge >= 0.3 is 5.97 Å². The Hall–Kier alpha value is -3.53. The van der Waals surface area contributed by atoms with Crippen LogP contribution in [0.3, 0.4) is 0 Å². The maximum absolute atomic E-state index is 12.7. The van der Waals surface area contributed by atoms with E-state index in [2.05, 4.69) is 4.99 Å². The second kappa shape index (κ2) is 7.95. The zero-order valence-electron chi connectivity index (χ0n) is 16.6. The molecule has 2 aromatic carbocycles. The largest absolute Gasteiger partial charge is 0.486 e. The summed E-state index contributed by atoms with van der Waals surface area (Å²) in [5.41, 5.74) is 1.48. The molecule has 0 radical (unpaired) electrons. The first kappa shape index (κ1) is 19.4. The number of carbonyl (C=O) groups is 2. The molecular formula is C21H18N2O7S. The van der Waals surface area contributed by atoms with Crippen molar-refractivity contribution in [3.05, 3.63) is 40.7 Å². The lowest BCUT2D eigenvalue weighted by atomic mass is 10.1. The molecule has 1 amide bonds. The Morgan fingerprint density at radius 1 is 1.03 bits per heavy atom. The molecule has 160 valence electrons. The van der Waals surface area contributed by atoms with Crippen LogP contribution in [0.5, 0.6) is 23.0 Å². The average Bonchev–Trinajstić information content (AvgIpc) is 3.36. The highest BCUT2D eigenvalue weighted by Crippen LogP contribution is 2.36. The number of carbonyl (C=O) groups excluding carboxylic acids is 2. The van der Waals surface area contributed by atoms with Gasteiger partial charge in [0.2, 0.25) is 6.79 Å². The maximum atomic E-state index is 12.7. The summed E-state index contributed by atoms with van der Waals surface area (Å²) in [6.07, 6.45) is 0.0891. The molecule has 3 heterocycles. The zero-order valence-corrected chi connectivity index (χ0v) is 17.4. The van der Waals surface area contributed by atoms with Gasteiger partial charge in [-0.3, -0.25) is 9.59 Å². The van der Waals surface area contributed by atoms with E-state index in [-0.39, 0.29) is 25.7 Å². The maximum Gasteiger partial charge on any atom is 0.325 e. The molecule has 0 saturated carbocycles. The van der Waals surface area contributed by atoms with Gasteiger partial charge in [-0.15, -0.1) is 0 Å². The van der Waals surface area contributed by atoms with Crippen molar-refractivity contribution in [2.75, 3.05) is 27.1 Å². The second-order valence-corrected chi connectivity index (χ2v) is 7.89. The molecule has 9 nitrogen and oxygen atoms in total. The Kier molecular flexibility index (Phi) is 4.99. The van der Waals surface area contributed by atoms with Crippen LogP contribution in [0.2, 0.25) is 0 Å². The van der Waals surface area contributed by atoms with E-state index in [0.717, 1.165) is 10.3 Å². The molecule has 2 aliphatic rings. The lowest BCUT2D eigenvalue weighted by molar-refractivity contribution is -0.141. The Morgan fingerprint density at radius 3 is 2.58 bits per heavy atom. The van der Waals surface area contributed by atoms with Crippen molar-refractivity contribution >= 4 is 33.4 Å². The standard InChI is InChI=1S/C21H18N2O7S/c1-26-20(25)10-23-13-8-16-17(28-5-4-27-16)9-18(13)31-21(23)22-19(24)7-12-2-3-14-15(6-12)30-11-29-14/h2-3,6,8-9H,4-5,7,10-11H2,1H3. The highest BCUT2D eigenvalue weighted by atomic mass is 32.1. The minimum absolute atomic E-state index is 0.0771. The van der Waals surface area contributed by atoms with Gasteiger partial charge in [0.15, 0.2) is 27.8 Å². The molecule has 0 spiro atoms. The molecule has 2 aliphatic heterocycles. The highest BCUT2D eigenvalue weighted by molar-refractivity contribution is 7.16. The number of aromatic nitrogens is 1. The van der Waals surface area contributed by atoms with Crippen LogP contribution < -0.4 is 23.7 Å². The van der Waals surface area contributed by atoms with Crippen molar-refractivity contribution in [3.8, 4) is 23.0 Å². The third-order valence-corrected chi connectivity index (χ3v) is 5.92. The van der Waals surface area contributed by atoms with Crippen molar-refractivity contribution in [2.45, 2.75) is 13.0 Å². The van der Waals surface area contributed by atoms with E-state index in [1.807, 2.05) is 6.07 Å². The topological polar surface area (TPSA) is 97.6 Å². The van der Waals surface area contributed by atoms with Crippen molar-refractivity contribution in [1.82, 2.24) is 4.57 Å². The number of hydrogen-bond donors (Lipinski definition) is 0. The Balaban J connectivity index is 1.52. The van der Waals surface area contributed by atoms with Gasteiger partial charge in [-0.25, -0.2) is 0 Å². The van der Waals surface area contributed by atoms with E-state index in [0.29, 0.717) is 46.5 Å². The third-order valence-electron chi connectivity index (χ3n) is 4.87. The Bertz CT molecular complexity index is 1260. The van der Waals surface area contributed by atoms with Gasteiger partial charge in [0.1, 0.15) is 19.8 Å². The van der Waals surface area contributed by atoms with Crippen molar-refractivity contribution < 1.29 is 33.3 Å². The van der Waals surface area contributed by atoms with Gasteiger partial charge < -0.3 is 28.3 Å². The van der Waals surface area contributed by atoms with E-state index < -0.39 is 5.97 Å². The number of rotatable bonds is 4. The van der Waals surface area contributed by atoms with Gasteiger partial charge in [0.25, 0.3) is 5.91 Å². The molecule has 0 aliphatic carbocycles. The summed E-state index contributed by atoms with van der Waals surface area (Å²) in [5, 5.41) is 0. The Labute approximate surface area is 180 Å². The number of benzene rings is 2. The summed E-state index contributed by atoms with van der Waals surface area (Å²) in [6.45, 7) is 1.01. The fourth-order valence-corrected chi connectivity index (χ4v) is 4.47. The number of hydrogen-bond acceptors (Lipinski definition) is 8. The van der Waals surface area contributed by atoms with Gasteiger partial charge in [-0.1, -0.05) is 17.4 Å². The summed E-state index contributed by atoms with van der Waals surface area (Å²) < 4.78 is 29.2. The van der Waals surface area contributed by atoms with E-state index in [4.69, 9.17) is 23.7 Å². The van der Waals surface area contributed by atoms with Crippen LogP contribution in [0.1, 0.15) is 5.56 Å². The van der Waals surface area contributed by atoms with Crippen LogP contribution in [-0.2, 0) is 27.3 Å². The van der Waals surface area contributed by atoms with Crippen LogP contribution in [0.25, 0.3) is 10.2 Å². The van der Waals surface area contributed by atoms with Gasteiger partial charge in [0, 0.05) is 12.1 Å². The van der Waals surface area contributed by atoms with Crippen LogP contribution in [0.4, 0.5) is 0 Å². The average molecular weight is 442 g/mol. The SMILES string of the molecule is COC(=O)Cn1c(=NC(=O)Cc2ccc3c(c2)OCO3)sc2cc3c(cc21)OCCO3. The number of esters is 1. The van der Waals surface area contributed by atoms with Crippen molar-refractivity contribution in [3.63, 3.8) is 0 Å². The predicted molar refractivity (Wildman–Crippen MR) is 110 cm³/mol. The molecule has 1 aromatic heterocycles. The van der Waals surface area contributed by atoms with Crippen LogP contribution >= 0.6 is 11.3 Å². The molecule has 31 heavy (non-hydrogen) atoms. The lowest BCUT2D eigenvalue weighted by Crippen LogP contribution is -2.23. The number of methoxy groups -OCH3 is 1. The molecule has 0 N–H and O–H groups in total. The summed E-state index contributed by atoms with van der Waals surface area (Å²) in [6, 6.07) is 8.98. The Morgan fingerprint density at radius 2 is 1.77 bits per heavy atom. The van der Waals surface area contributed by atoms with Gasteiger partial charge in [-0.05, 0) is 17.7 Å². The van der Waals surface area contributed by atoms with E-state index in [1.54, 1.807) is 28.8 Å². The second-order valence-electron chi connectivity index (χ2n) is 6.88. The molecule has 0 saturated heterocycles. The molecule has 0 bridgehead atoms. The van der Waals surface area contributed by atoms with E-state index in [9.17, 15) is 9.59 Å². The normalized spacial score (nSPS) is 14.7. The fraction of sp³-hybridized carbons (Fsp3) is 0.286. The first-order valence-electron chi connectivity index (χ1n) is 9.56. The smallest absolute Gasteiger partial charge is 0.325 e. The fourth-order valence-electron chi connectivity index (χ4n) is 3.41. The van der Waals surface area contributed by atoms with E-state index in [1.165, 1.54) is 18.4 Å². The highest BCUT2D eigenvalue weighted by Gasteiger charge is 2.19. The first-order chi connectivity index (χ1) is 15.1. The van der Waals surface area contributed by atoms with Crippen molar-refractivity contribution in [2.24, 2.45) is 4.99 Å². The molecule has 0 unspecified atom stereocenters. The molecule has 5 rings (SSSR count). The lowest BCUT2D eigenvalue weighted by Gasteiger charge is -2.18. The first-order valence-corrected chi connectivity index (χ1v) is 10.4. The summed E-state index contributed by atoms with van der Waals surface area (Å²) in [4.78, 5) is 29.4. The summed E-state index contributed by atoms with van der Waals surface area (Å²) in [7, 11) is 1.32. The number of nitrogens with zero attached hydrogens (tertiary/aromatic N) is 2. The van der Waals surface area contributed by atoms with Gasteiger partial charge in [0.05, 0.1) is 23.7 Å². The number of ether oxygens (including phenoxy) is 5. The zero-order chi connectivity index (χ0) is 21.4. The van der Waals surface area contributed by atoms with Crippen LogP contribution in [0.15, 0.2) is 35.3 Å². The molecule has 10 heteroatoms. The monoisotopic (exact) mass is 442 g/mol. The molecule has 0 atom stereocenters. The summed E-state index contributed by atoms with van der Waals surface area (Å²) in [5.74, 6) is 1.69. The van der Waals surface area contributed by atoms with E-state index >= 15 is 0 Å². The third kappa shape index (κ3) is 3.81. The summed E-state index contributed by atoms with van der Waals surface area (Å²) >= 11 is 1.30. The number of amides is 1. The van der Waals surface area contributed by atoms with Gasteiger partial charge in [-0.2, -0.15) is 4.99 Å². The van der Waals surface area contributed by atoms with Crippen molar-refractivity contribution in [1.29, 1.82) is 0 Å². The quantitative estimate of drug-likeness (QED) is 0.571. The minimum atomic E-state index is -0.445.